The summed E-state index contributed by atoms with van der Waals surface area (Å²) in [5, 5.41) is 0. The molecular formula is C11H12O5. The molecule has 0 saturated carbocycles. The maximum atomic E-state index is 11.6. The van der Waals surface area contributed by atoms with Crippen LogP contribution in [-0.4, -0.2) is 27.0 Å². The summed E-state index contributed by atoms with van der Waals surface area (Å²) in [7, 11) is 2.81. The lowest BCUT2D eigenvalue weighted by molar-refractivity contribution is 0.0595. The van der Waals surface area contributed by atoms with E-state index in [1.807, 2.05) is 0 Å². The van der Waals surface area contributed by atoms with E-state index in [4.69, 9.17) is 18.9 Å². The predicted molar refractivity (Wildman–Crippen MR) is 55.2 cm³/mol. The van der Waals surface area contributed by atoms with Crippen LogP contribution in [-0.2, 0) is 4.74 Å². The zero-order valence-electron chi connectivity index (χ0n) is 9.33. The minimum absolute atomic E-state index is 0.157. The Balaban J connectivity index is 2.62. The van der Waals surface area contributed by atoms with Crippen molar-refractivity contribution in [1.29, 1.82) is 0 Å². The maximum Gasteiger partial charge on any atom is 0.342 e. The first-order valence-corrected chi connectivity index (χ1v) is 4.74. The fourth-order valence-electron chi connectivity index (χ4n) is 1.70. The van der Waals surface area contributed by atoms with Crippen LogP contribution in [0, 0.1) is 6.92 Å². The van der Waals surface area contributed by atoms with Crippen molar-refractivity contribution in [3.05, 3.63) is 17.2 Å². The summed E-state index contributed by atoms with van der Waals surface area (Å²) in [6.45, 7) is 1.92. The highest BCUT2D eigenvalue weighted by atomic mass is 16.7. The van der Waals surface area contributed by atoms with Gasteiger partial charge in [-0.1, -0.05) is 0 Å². The topological polar surface area (TPSA) is 54.0 Å². The second kappa shape index (κ2) is 3.92. The highest BCUT2D eigenvalue weighted by Gasteiger charge is 2.26. The molecule has 1 heterocycles. The van der Waals surface area contributed by atoms with Crippen LogP contribution >= 0.6 is 0 Å². The number of benzene rings is 1. The van der Waals surface area contributed by atoms with Crippen molar-refractivity contribution in [3.8, 4) is 17.2 Å². The van der Waals surface area contributed by atoms with Crippen LogP contribution in [0.5, 0.6) is 17.2 Å². The molecule has 86 valence electrons. The van der Waals surface area contributed by atoms with E-state index in [9.17, 15) is 4.79 Å². The number of carbonyl (C=O) groups is 1. The molecule has 0 aromatic heterocycles. The van der Waals surface area contributed by atoms with Crippen LogP contribution < -0.4 is 14.2 Å². The molecule has 0 atom stereocenters. The van der Waals surface area contributed by atoms with Gasteiger partial charge in [0.2, 0.25) is 6.79 Å². The van der Waals surface area contributed by atoms with Gasteiger partial charge in [-0.2, -0.15) is 0 Å². The molecule has 1 aliphatic heterocycles. The Labute approximate surface area is 92.9 Å². The third-order valence-electron chi connectivity index (χ3n) is 2.48. The van der Waals surface area contributed by atoms with Gasteiger partial charge in [-0.3, -0.25) is 0 Å². The summed E-state index contributed by atoms with van der Waals surface area (Å²) in [6.07, 6.45) is 0. The van der Waals surface area contributed by atoms with Crippen LogP contribution in [0.25, 0.3) is 0 Å². The minimum atomic E-state index is -0.451. The summed E-state index contributed by atoms with van der Waals surface area (Å²) < 4.78 is 20.4. The van der Waals surface area contributed by atoms with E-state index in [0.29, 0.717) is 28.4 Å². The first-order valence-electron chi connectivity index (χ1n) is 4.74. The molecule has 0 radical (unpaired) electrons. The van der Waals surface area contributed by atoms with Crippen LogP contribution in [0.2, 0.25) is 0 Å². The summed E-state index contributed by atoms with van der Waals surface area (Å²) in [4.78, 5) is 11.6. The number of hydrogen-bond acceptors (Lipinski definition) is 5. The van der Waals surface area contributed by atoms with E-state index >= 15 is 0 Å². The number of carbonyl (C=O) groups excluding carboxylic acids is 1. The van der Waals surface area contributed by atoms with Crippen molar-refractivity contribution in [2.45, 2.75) is 6.92 Å². The van der Waals surface area contributed by atoms with Crippen molar-refractivity contribution in [3.63, 3.8) is 0 Å². The lowest BCUT2D eigenvalue weighted by Gasteiger charge is -2.11. The van der Waals surface area contributed by atoms with E-state index in [-0.39, 0.29) is 6.79 Å². The monoisotopic (exact) mass is 224 g/mol. The van der Waals surface area contributed by atoms with Gasteiger partial charge in [-0.15, -0.1) is 0 Å². The largest absolute Gasteiger partial charge is 0.496 e. The minimum Gasteiger partial charge on any atom is -0.496 e. The normalized spacial score (nSPS) is 12.4. The van der Waals surface area contributed by atoms with Crippen molar-refractivity contribution >= 4 is 5.97 Å². The average Bonchev–Trinajstić information content (AvgIpc) is 2.76. The van der Waals surface area contributed by atoms with Crippen LogP contribution in [0.3, 0.4) is 0 Å². The smallest absolute Gasteiger partial charge is 0.342 e. The van der Waals surface area contributed by atoms with Gasteiger partial charge in [-0.05, 0) is 6.92 Å². The molecule has 1 aromatic rings. The first-order chi connectivity index (χ1) is 7.69. The number of ether oxygens (including phenoxy) is 4. The molecule has 0 unspecified atom stereocenters. The second-order valence-corrected chi connectivity index (χ2v) is 3.30. The van der Waals surface area contributed by atoms with Crippen molar-refractivity contribution < 1.29 is 23.7 Å². The Morgan fingerprint density at radius 1 is 1.38 bits per heavy atom. The second-order valence-electron chi connectivity index (χ2n) is 3.30. The summed E-state index contributed by atoms with van der Waals surface area (Å²) in [6, 6.07) is 1.63. The van der Waals surface area contributed by atoms with Gasteiger partial charge < -0.3 is 18.9 Å². The number of methoxy groups -OCH3 is 2. The summed E-state index contributed by atoms with van der Waals surface area (Å²) in [5.74, 6) is 1.13. The third-order valence-corrected chi connectivity index (χ3v) is 2.48. The van der Waals surface area contributed by atoms with Gasteiger partial charge >= 0.3 is 5.97 Å². The first kappa shape index (κ1) is 10.6. The van der Waals surface area contributed by atoms with E-state index in [1.165, 1.54) is 14.2 Å². The molecule has 0 amide bonds. The molecule has 2 rings (SSSR count). The fraction of sp³-hybridized carbons (Fsp3) is 0.364. The van der Waals surface area contributed by atoms with E-state index in [2.05, 4.69) is 0 Å². The Morgan fingerprint density at radius 2 is 2.12 bits per heavy atom. The van der Waals surface area contributed by atoms with Gasteiger partial charge in [0.15, 0.2) is 11.5 Å². The lowest BCUT2D eigenvalue weighted by Crippen LogP contribution is -2.07. The standard InChI is InChI=1S/C11H12O5/c1-6-9(11(12)14-3)7(13-2)4-8-10(6)16-5-15-8/h4H,5H2,1-3H3. The summed E-state index contributed by atoms with van der Waals surface area (Å²) >= 11 is 0. The lowest BCUT2D eigenvalue weighted by atomic mass is 10.1. The zero-order chi connectivity index (χ0) is 11.7. The van der Waals surface area contributed by atoms with Crippen molar-refractivity contribution in [2.24, 2.45) is 0 Å². The Kier molecular flexibility index (Phi) is 2.60. The van der Waals surface area contributed by atoms with E-state index in [1.54, 1.807) is 13.0 Å². The van der Waals surface area contributed by atoms with Crippen LogP contribution in [0.4, 0.5) is 0 Å². The third kappa shape index (κ3) is 1.44. The van der Waals surface area contributed by atoms with Crippen molar-refractivity contribution in [1.82, 2.24) is 0 Å². The number of fused-ring (bicyclic) bond motifs is 1. The molecule has 0 fully saturated rings. The van der Waals surface area contributed by atoms with Crippen LogP contribution in [0.1, 0.15) is 15.9 Å². The number of esters is 1. The van der Waals surface area contributed by atoms with E-state index < -0.39 is 5.97 Å². The molecule has 5 heteroatoms. The van der Waals surface area contributed by atoms with Gasteiger partial charge in [-0.25, -0.2) is 4.79 Å². The average molecular weight is 224 g/mol. The van der Waals surface area contributed by atoms with Gasteiger partial charge in [0, 0.05) is 11.6 Å². The predicted octanol–water partition coefficient (Wildman–Crippen LogP) is 1.52. The highest BCUT2D eigenvalue weighted by Crippen LogP contribution is 2.42. The molecule has 0 bridgehead atoms. The van der Waals surface area contributed by atoms with E-state index in [0.717, 1.165) is 0 Å². The molecule has 0 spiro atoms. The Morgan fingerprint density at radius 3 is 2.75 bits per heavy atom. The molecule has 0 aliphatic carbocycles. The molecule has 0 N–H and O–H groups in total. The zero-order valence-corrected chi connectivity index (χ0v) is 9.33. The maximum absolute atomic E-state index is 11.6. The van der Waals surface area contributed by atoms with Gasteiger partial charge in [0.1, 0.15) is 11.3 Å². The molecule has 0 saturated heterocycles. The Bertz CT molecular complexity index is 438. The molecule has 5 nitrogen and oxygen atoms in total. The number of rotatable bonds is 2. The fourth-order valence-corrected chi connectivity index (χ4v) is 1.70. The van der Waals surface area contributed by atoms with Gasteiger partial charge in [0.25, 0.3) is 0 Å². The van der Waals surface area contributed by atoms with Crippen LogP contribution in [0.15, 0.2) is 6.07 Å². The number of hydrogen-bond donors (Lipinski definition) is 0. The molecular weight excluding hydrogens is 212 g/mol. The Hall–Kier alpha value is -1.91. The molecule has 16 heavy (non-hydrogen) atoms. The molecule has 1 aromatic carbocycles. The quantitative estimate of drug-likeness (QED) is 0.713. The highest BCUT2D eigenvalue weighted by molar-refractivity contribution is 5.95. The SMILES string of the molecule is COC(=O)c1c(OC)cc2c(c1C)OCO2. The summed E-state index contributed by atoms with van der Waals surface area (Å²) in [5.41, 5.74) is 1.04. The molecule has 1 aliphatic rings. The van der Waals surface area contributed by atoms with Gasteiger partial charge in [0.05, 0.1) is 14.2 Å². The van der Waals surface area contributed by atoms with Crippen molar-refractivity contribution in [2.75, 3.05) is 21.0 Å².